The van der Waals surface area contributed by atoms with Gasteiger partial charge in [0.1, 0.15) is 0 Å². The van der Waals surface area contributed by atoms with Crippen LogP contribution in [0.5, 0.6) is 0 Å². The Kier molecular flexibility index (Phi) is 4.96. The number of aryl methyl sites for hydroxylation is 1. The van der Waals surface area contributed by atoms with Crippen LogP contribution in [0.3, 0.4) is 0 Å². The van der Waals surface area contributed by atoms with Gasteiger partial charge in [0.05, 0.1) is 16.8 Å². The van der Waals surface area contributed by atoms with Crippen molar-refractivity contribution in [1.29, 1.82) is 0 Å². The number of nitrogens with zero attached hydrogens (tertiary/aromatic N) is 5. The van der Waals surface area contributed by atoms with E-state index in [4.69, 9.17) is 15.6 Å². The number of rotatable bonds is 3. The number of hydrogen-bond acceptors (Lipinski definition) is 6. The molecule has 5 atom stereocenters. The number of benzene rings is 1. The van der Waals surface area contributed by atoms with Crippen LogP contribution in [0.25, 0.3) is 22.2 Å². The molecule has 3 aliphatic rings. The van der Waals surface area contributed by atoms with Crippen molar-refractivity contribution >= 4 is 16.7 Å². The predicted molar refractivity (Wildman–Crippen MR) is 130 cm³/mol. The molecule has 1 aliphatic carbocycles. The van der Waals surface area contributed by atoms with Crippen molar-refractivity contribution in [2.75, 3.05) is 18.1 Å². The maximum atomic E-state index is 6.40. The van der Waals surface area contributed by atoms with Crippen LogP contribution in [0.4, 0.5) is 5.82 Å². The minimum Gasteiger partial charge on any atom is -0.376 e. The molecule has 0 amide bonds. The number of ether oxygens (including phenoxy) is 1. The molecule has 3 fully saturated rings. The maximum absolute atomic E-state index is 6.40. The van der Waals surface area contributed by atoms with Gasteiger partial charge in [0.15, 0.2) is 5.82 Å². The highest BCUT2D eigenvalue weighted by molar-refractivity contribution is 5.83. The lowest BCUT2D eigenvalue weighted by molar-refractivity contribution is -0.0784. The zero-order valence-corrected chi connectivity index (χ0v) is 19.8. The standard InChI is InChI=1S/C26H34N6O/c1-26(2)13-17(8-9-33-26)25-21-12-20(27)11-18(21)15-32(25)24-7-6-22(28-29-24)16-4-5-23-19(10-16)14-31(3)30-23/h4-7,10,14,17-18,20-21,25H,8-9,11-13,15,27H2,1-3H3/t17-,18?,20?,21?,25?/m0/s1. The van der Waals surface area contributed by atoms with Crippen LogP contribution in [0, 0.1) is 17.8 Å². The monoisotopic (exact) mass is 446 g/mol. The third-order valence-corrected chi connectivity index (χ3v) is 8.09. The zero-order chi connectivity index (χ0) is 22.7. The lowest BCUT2D eigenvalue weighted by Crippen LogP contribution is -2.46. The Balaban J connectivity index is 1.29. The molecule has 4 unspecified atom stereocenters. The van der Waals surface area contributed by atoms with E-state index in [9.17, 15) is 0 Å². The van der Waals surface area contributed by atoms with Crippen LogP contribution >= 0.6 is 0 Å². The molecule has 2 saturated heterocycles. The molecule has 7 heteroatoms. The normalized spacial score (nSPS) is 31.3. The fourth-order valence-corrected chi connectivity index (χ4v) is 6.80. The second kappa shape index (κ2) is 7.77. The maximum Gasteiger partial charge on any atom is 0.151 e. The summed E-state index contributed by atoms with van der Waals surface area (Å²) in [5, 5.41) is 15.0. The van der Waals surface area contributed by atoms with Crippen molar-refractivity contribution in [2.24, 2.45) is 30.5 Å². The summed E-state index contributed by atoms with van der Waals surface area (Å²) in [5.41, 5.74) is 9.30. The first kappa shape index (κ1) is 21.1. The van der Waals surface area contributed by atoms with Crippen molar-refractivity contribution < 1.29 is 4.74 Å². The summed E-state index contributed by atoms with van der Waals surface area (Å²) >= 11 is 0. The molecule has 33 heavy (non-hydrogen) atoms. The number of nitrogens with two attached hydrogens (primary N) is 1. The number of anilines is 1. The lowest BCUT2D eigenvalue weighted by atomic mass is 9.77. The Hall–Kier alpha value is -2.51. The summed E-state index contributed by atoms with van der Waals surface area (Å²) in [6.07, 6.45) is 6.48. The molecule has 1 saturated carbocycles. The number of aromatic nitrogens is 4. The predicted octanol–water partition coefficient (Wildman–Crippen LogP) is 3.78. The third-order valence-electron chi connectivity index (χ3n) is 8.09. The molecule has 6 rings (SSSR count). The summed E-state index contributed by atoms with van der Waals surface area (Å²) in [7, 11) is 1.95. The Bertz CT molecular complexity index is 1160. The van der Waals surface area contributed by atoms with Crippen LogP contribution in [-0.4, -0.2) is 50.8 Å². The summed E-state index contributed by atoms with van der Waals surface area (Å²) < 4.78 is 7.89. The smallest absolute Gasteiger partial charge is 0.151 e. The summed E-state index contributed by atoms with van der Waals surface area (Å²) in [5.74, 6) is 2.90. The van der Waals surface area contributed by atoms with Crippen LogP contribution in [0.15, 0.2) is 36.5 Å². The van der Waals surface area contributed by atoms with Gasteiger partial charge in [-0.1, -0.05) is 6.07 Å². The van der Waals surface area contributed by atoms with E-state index in [0.717, 1.165) is 66.8 Å². The summed E-state index contributed by atoms with van der Waals surface area (Å²) in [4.78, 5) is 2.55. The Morgan fingerprint density at radius 2 is 1.97 bits per heavy atom. The van der Waals surface area contributed by atoms with E-state index in [1.165, 1.54) is 0 Å². The quantitative estimate of drug-likeness (QED) is 0.659. The van der Waals surface area contributed by atoms with E-state index in [-0.39, 0.29) is 5.60 Å². The number of fused-ring (bicyclic) bond motifs is 2. The van der Waals surface area contributed by atoms with E-state index in [1.54, 1.807) is 0 Å². The first-order chi connectivity index (χ1) is 15.9. The van der Waals surface area contributed by atoms with Crippen molar-refractivity contribution in [1.82, 2.24) is 20.0 Å². The van der Waals surface area contributed by atoms with E-state index >= 15 is 0 Å². The van der Waals surface area contributed by atoms with Gasteiger partial charge in [0, 0.05) is 49.4 Å². The first-order valence-corrected chi connectivity index (χ1v) is 12.3. The fraction of sp³-hybridized carbons (Fsp3) is 0.577. The van der Waals surface area contributed by atoms with Crippen LogP contribution in [0.1, 0.15) is 39.5 Å². The van der Waals surface area contributed by atoms with Crippen LogP contribution in [-0.2, 0) is 11.8 Å². The van der Waals surface area contributed by atoms with Crippen molar-refractivity contribution in [2.45, 2.75) is 57.2 Å². The van der Waals surface area contributed by atoms with Gasteiger partial charge in [0.2, 0.25) is 0 Å². The van der Waals surface area contributed by atoms with E-state index < -0.39 is 0 Å². The molecule has 2 aromatic heterocycles. The van der Waals surface area contributed by atoms with Gasteiger partial charge in [-0.15, -0.1) is 10.2 Å². The Morgan fingerprint density at radius 3 is 2.76 bits per heavy atom. The van der Waals surface area contributed by atoms with Crippen molar-refractivity contribution in [3.05, 3.63) is 36.5 Å². The average Bonchev–Trinajstić information content (AvgIpc) is 3.43. The molecule has 0 bridgehead atoms. The van der Waals surface area contributed by atoms with Crippen LogP contribution < -0.4 is 10.6 Å². The zero-order valence-electron chi connectivity index (χ0n) is 19.8. The highest BCUT2D eigenvalue weighted by Crippen LogP contribution is 2.48. The summed E-state index contributed by atoms with van der Waals surface area (Å²) in [6, 6.07) is 11.4. The van der Waals surface area contributed by atoms with Crippen molar-refractivity contribution in [3.63, 3.8) is 0 Å². The van der Waals surface area contributed by atoms with Gasteiger partial charge in [-0.3, -0.25) is 4.68 Å². The second-order valence-electron chi connectivity index (χ2n) is 11.0. The van der Waals surface area contributed by atoms with Crippen molar-refractivity contribution in [3.8, 4) is 11.3 Å². The molecular formula is C26H34N6O. The van der Waals surface area contributed by atoms with Gasteiger partial charge in [-0.2, -0.15) is 5.10 Å². The minimum atomic E-state index is -0.0616. The molecule has 0 spiro atoms. The molecule has 4 heterocycles. The van der Waals surface area contributed by atoms with Gasteiger partial charge in [0.25, 0.3) is 0 Å². The Labute approximate surface area is 195 Å². The molecule has 174 valence electrons. The highest BCUT2D eigenvalue weighted by atomic mass is 16.5. The Morgan fingerprint density at radius 1 is 1.09 bits per heavy atom. The molecule has 2 N–H and O–H groups in total. The third kappa shape index (κ3) is 3.81. The fourth-order valence-electron chi connectivity index (χ4n) is 6.80. The molecule has 2 aliphatic heterocycles. The minimum absolute atomic E-state index is 0.0616. The van der Waals surface area contributed by atoms with E-state index in [0.29, 0.717) is 29.8 Å². The first-order valence-electron chi connectivity index (χ1n) is 12.3. The van der Waals surface area contributed by atoms with E-state index in [2.05, 4.69) is 53.2 Å². The molecular weight excluding hydrogens is 412 g/mol. The van der Waals surface area contributed by atoms with Gasteiger partial charge in [-0.05, 0) is 81.5 Å². The SMILES string of the molecule is Cn1cc2cc(-c3ccc(N4CC5CC(N)CC5C4[C@H]4CCOC(C)(C)C4)nn3)ccc2n1. The van der Waals surface area contributed by atoms with Gasteiger partial charge >= 0.3 is 0 Å². The van der Waals surface area contributed by atoms with Gasteiger partial charge < -0.3 is 15.4 Å². The molecule has 3 aromatic rings. The molecule has 1 aromatic carbocycles. The molecule has 7 nitrogen and oxygen atoms in total. The second-order valence-corrected chi connectivity index (χ2v) is 11.0. The van der Waals surface area contributed by atoms with Gasteiger partial charge in [-0.25, -0.2) is 0 Å². The lowest BCUT2D eigenvalue weighted by Gasteiger charge is -2.42. The molecule has 0 radical (unpaired) electrons. The average molecular weight is 447 g/mol. The highest BCUT2D eigenvalue weighted by Gasteiger charge is 2.51. The number of hydrogen-bond donors (Lipinski definition) is 1. The topological polar surface area (TPSA) is 82.1 Å². The van der Waals surface area contributed by atoms with E-state index in [1.807, 2.05) is 24.0 Å². The summed E-state index contributed by atoms with van der Waals surface area (Å²) in [6.45, 7) is 6.33. The van der Waals surface area contributed by atoms with Crippen LogP contribution in [0.2, 0.25) is 0 Å². The largest absolute Gasteiger partial charge is 0.376 e.